The van der Waals surface area contributed by atoms with E-state index in [0.29, 0.717) is 37.1 Å². The van der Waals surface area contributed by atoms with E-state index in [1.54, 1.807) is 24.3 Å². The fraction of sp³-hybridized carbons (Fsp3) is 0.556. The Morgan fingerprint density at radius 1 is 1.05 bits per heavy atom. The van der Waals surface area contributed by atoms with E-state index in [1.165, 1.54) is 0 Å². The topological polar surface area (TPSA) is 126 Å². The summed E-state index contributed by atoms with van der Waals surface area (Å²) < 4.78 is 52.5. The van der Waals surface area contributed by atoms with Crippen molar-refractivity contribution in [1.82, 2.24) is 20.2 Å². The minimum absolute atomic E-state index is 0.0691. The summed E-state index contributed by atoms with van der Waals surface area (Å²) in [5.74, 6) is -1.53. The van der Waals surface area contributed by atoms with Crippen LogP contribution in [-0.4, -0.2) is 56.0 Å². The number of benzene rings is 1. The number of carboxylic acids is 1. The van der Waals surface area contributed by atoms with E-state index in [9.17, 15) is 23.1 Å². The molecule has 1 aliphatic heterocycles. The number of hydrogen-bond acceptors (Lipinski definition) is 8. The Morgan fingerprint density at radius 2 is 1.79 bits per heavy atom. The molecule has 0 radical (unpaired) electrons. The highest BCUT2D eigenvalue weighted by Crippen LogP contribution is 2.45. The highest BCUT2D eigenvalue weighted by molar-refractivity contribution is 5.67. The van der Waals surface area contributed by atoms with Gasteiger partial charge < -0.3 is 24.2 Å². The van der Waals surface area contributed by atoms with Crippen LogP contribution in [0.15, 0.2) is 33.3 Å². The number of aliphatic carboxylic acids is 1. The van der Waals surface area contributed by atoms with E-state index in [0.717, 1.165) is 38.6 Å². The van der Waals surface area contributed by atoms with E-state index in [4.69, 9.17) is 14.2 Å². The molecule has 3 aromatic rings. The first-order valence-corrected chi connectivity index (χ1v) is 13.3. The fourth-order valence-corrected chi connectivity index (χ4v) is 5.74. The van der Waals surface area contributed by atoms with Crippen molar-refractivity contribution in [3.05, 3.63) is 41.2 Å². The average Bonchev–Trinajstić information content (AvgIpc) is 3.57. The van der Waals surface area contributed by atoms with E-state index in [1.807, 2.05) is 0 Å². The van der Waals surface area contributed by atoms with Crippen molar-refractivity contribution in [2.75, 3.05) is 19.6 Å². The molecule has 2 atom stereocenters. The maximum atomic E-state index is 14.0. The number of carbonyl (C=O) groups is 1. The van der Waals surface area contributed by atoms with Crippen molar-refractivity contribution in [2.24, 2.45) is 5.92 Å². The zero-order valence-corrected chi connectivity index (χ0v) is 21.4. The quantitative estimate of drug-likeness (QED) is 0.366. The molecule has 5 rings (SSSR count). The van der Waals surface area contributed by atoms with Crippen LogP contribution >= 0.6 is 0 Å². The predicted octanol–water partition coefficient (Wildman–Crippen LogP) is 5.68. The summed E-state index contributed by atoms with van der Waals surface area (Å²) in [4.78, 5) is 17.3. The van der Waals surface area contributed by atoms with E-state index >= 15 is 0 Å². The number of aliphatic hydroxyl groups is 1. The van der Waals surface area contributed by atoms with Crippen LogP contribution < -0.4 is 0 Å². The van der Waals surface area contributed by atoms with Gasteiger partial charge in [0.2, 0.25) is 5.82 Å². The summed E-state index contributed by atoms with van der Waals surface area (Å²) in [6, 6.07) is 6.73. The zero-order chi connectivity index (χ0) is 27.6. The summed E-state index contributed by atoms with van der Waals surface area (Å²) in [5, 5.41) is 27.3. The molecule has 0 unspecified atom stereocenters. The third-order valence-electron chi connectivity index (χ3n) is 7.66. The Bertz CT molecular complexity index is 1270. The smallest absolute Gasteiger partial charge is 0.422 e. The minimum atomic E-state index is -4.68. The fourth-order valence-electron chi connectivity index (χ4n) is 5.74. The Hall–Kier alpha value is -3.25. The molecule has 9 nitrogen and oxygen atoms in total. The number of piperidine rings is 1. The van der Waals surface area contributed by atoms with Gasteiger partial charge >= 0.3 is 12.1 Å². The molecule has 0 bridgehead atoms. The molecule has 12 heteroatoms. The van der Waals surface area contributed by atoms with Gasteiger partial charge in [0.05, 0.1) is 6.10 Å². The Labute approximate surface area is 223 Å². The van der Waals surface area contributed by atoms with Gasteiger partial charge in [-0.2, -0.15) is 18.2 Å². The molecule has 2 aromatic heterocycles. The summed E-state index contributed by atoms with van der Waals surface area (Å²) >= 11 is 0. The summed E-state index contributed by atoms with van der Waals surface area (Å²) in [6.07, 6.45) is 0.309. The molecule has 2 fully saturated rings. The third-order valence-corrected chi connectivity index (χ3v) is 7.66. The third kappa shape index (κ3) is 6.33. The number of hydrogen-bond donors (Lipinski definition) is 2. The molecule has 0 amide bonds. The van der Waals surface area contributed by atoms with Crippen LogP contribution in [0.5, 0.6) is 0 Å². The molecule has 39 heavy (non-hydrogen) atoms. The second-order valence-electron chi connectivity index (χ2n) is 10.5. The van der Waals surface area contributed by atoms with Crippen LogP contribution in [0.4, 0.5) is 13.2 Å². The molecule has 2 aliphatic rings. The normalized spacial score (nSPS) is 20.3. The molecule has 1 saturated heterocycles. The number of nitrogens with zero attached hydrogens (tertiary/aromatic N) is 4. The summed E-state index contributed by atoms with van der Waals surface area (Å²) in [6.45, 7) is 1.79. The van der Waals surface area contributed by atoms with Crippen molar-refractivity contribution in [1.29, 1.82) is 0 Å². The lowest BCUT2D eigenvalue weighted by Crippen LogP contribution is -2.38. The van der Waals surface area contributed by atoms with Gasteiger partial charge in [0, 0.05) is 31.0 Å². The molecular formula is C27H31F3N4O5. The Kier molecular flexibility index (Phi) is 8.03. The number of aromatic nitrogens is 3. The van der Waals surface area contributed by atoms with Gasteiger partial charge in [0.25, 0.3) is 5.89 Å². The predicted molar refractivity (Wildman–Crippen MR) is 132 cm³/mol. The van der Waals surface area contributed by atoms with Crippen molar-refractivity contribution < 1.29 is 37.2 Å². The number of alkyl halides is 3. The van der Waals surface area contributed by atoms with Gasteiger partial charge in [0.1, 0.15) is 5.56 Å². The first-order chi connectivity index (χ1) is 18.7. The highest BCUT2D eigenvalue weighted by atomic mass is 19.4. The molecule has 1 aromatic carbocycles. The van der Waals surface area contributed by atoms with Gasteiger partial charge in [-0.3, -0.25) is 4.79 Å². The molecule has 1 aliphatic carbocycles. The number of β-amino-alcohol motifs (C(OH)–C–C–N with tert-alkyl or cyclic N) is 1. The Balaban J connectivity index is 1.29. The maximum Gasteiger partial charge on any atom is 0.422 e. The van der Waals surface area contributed by atoms with Crippen molar-refractivity contribution in [3.63, 3.8) is 0 Å². The second-order valence-corrected chi connectivity index (χ2v) is 10.5. The van der Waals surface area contributed by atoms with Crippen LogP contribution in [-0.2, 0) is 11.0 Å². The molecule has 1 saturated carbocycles. The summed E-state index contributed by atoms with van der Waals surface area (Å²) in [5.41, 5.74) is -0.302. The Morgan fingerprint density at radius 3 is 2.49 bits per heavy atom. The van der Waals surface area contributed by atoms with Crippen LogP contribution in [0.25, 0.3) is 23.0 Å². The largest absolute Gasteiger partial charge is 0.481 e. The number of rotatable bonds is 8. The molecule has 2 N–H and O–H groups in total. The highest BCUT2D eigenvalue weighted by Gasteiger charge is 2.44. The SMILES string of the molecule is O=C(O)C[C@H]1CCCN(C[C@@H](O)c2ccc(-c3noc(-c4noc(C5CCCCC5)c4C(F)(F)F)n3)cc2)C1. The average molecular weight is 549 g/mol. The first-order valence-electron chi connectivity index (χ1n) is 13.3. The van der Waals surface area contributed by atoms with E-state index in [2.05, 4.69) is 20.2 Å². The lowest BCUT2D eigenvalue weighted by molar-refractivity contribution is -0.139. The van der Waals surface area contributed by atoms with Gasteiger partial charge in [0.15, 0.2) is 11.5 Å². The van der Waals surface area contributed by atoms with Gasteiger partial charge in [-0.25, -0.2) is 0 Å². The van der Waals surface area contributed by atoms with Gasteiger partial charge in [-0.05, 0) is 43.7 Å². The number of likely N-dealkylation sites (tertiary alicyclic amines) is 1. The van der Waals surface area contributed by atoms with Crippen LogP contribution in [0, 0.1) is 5.92 Å². The van der Waals surface area contributed by atoms with E-state index in [-0.39, 0.29) is 35.7 Å². The first kappa shape index (κ1) is 27.3. The molecule has 0 spiro atoms. The zero-order valence-electron chi connectivity index (χ0n) is 21.4. The van der Waals surface area contributed by atoms with Crippen LogP contribution in [0.1, 0.15) is 80.3 Å². The number of carboxylic acid groups (broad SMARTS) is 1. The van der Waals surface area contributed by atoms with Crippen molar-refractivity contribution >= 4 is 5.97 Å². The summed E-state index contributed by atoms with van der Waals surface area (Å²) in [7, 11) is 0. The van der Waals surface area contributed by atoms with Gasteiger partial charge in [-0.15, -0.1) is 0 Å². The number of halogens is 3. The lowest BCUT2D eigenvalue weighted by Gasteiger charge is -2.33. The van der Waals surface area contributed by atoms with Crippen molar-refractivity contribution in [3.8, 4) is 23.0 Å². The molecular weight excluding hydrogens is 517 g/mol. The molecule has 3 heterocycles. The second kappa shape index (κ2) is 11.5. The monoisotopic (exact) mass is 548 g/mol. The molecule has 210 valence electrons. The number of aliphatic hydroxyl groups excluding tert-OH is 1. The standard InChI is InChI=1S/C27H31F3N4O5/c28-27(29,30)22-23(32-38-24(22)18-6-2-1-3-7-18)26-31-25(33-39-26)19-10-8-17(9-11-19)20(35)15-34-12-4-5-16(14-34)13-21(36)37/h8-11,16,18,20,35H,1-7,12-15H2,(H,36,37)/t16-,20-/m1/s1. The lowest BCUT2D eigenvalue weighted by atomic mass is 9.85. The van der Waals surface area contributed by atoms with Crippen LogP contribution in [0.3, 0.4) is 0 Å². The van der Waals surface area contributed by atoms with Crippen molar-refractivity contribution in [2.45, 2.75) is 69.6 Å². The minimum Gasteiger partial charge on any atom is -0.481 e. The van der Waals surface area contributed by atoms with Gasteiger partial charge in [-0.1, -0.05) is 53.8 Å². The van der Waals surface area contributed by atoms with E-state index < -0.39 is 29.5 Å². The van der Waals surface area contributed by atoms with Crippen LogP contribution in [0.2, 0.25) is 0 Å². The maximum absolute atomic E-state index is 14.0.